The van der Waals surface area contributed by atoms with Gasteiger partial charge in [0, 0.05) is 36.2 Å². The van der Waals surface area contributed by atoms with E-state index in [2.05, 4.69) is 42.4 Å². The molecule has 1 amide bonds. The number of ether oxygens (including phenoxy) is 2. The number of rotatable bonds is 11. The number of methoxy groups -OCH3 is 1. The molecule has 0 aliphatic rings. The molecular weight excluding hydrogens is 499 g/mol. The second-order valence-corrected chi connectivity index (χ2v) is 8.74. The largest absolute Gasteiger partial charge is 0.491 e. The lowest BCUT2D eigenvalue weighted by molar-refractivity contribution is 0.0963. The normalized spacial score (nSPS) is 13.2. The molecule has 0 bridgehead atoms. The number of amides is 1. The number of allylic oxidation sites excluding steroid dienone is 5. The Labute approximate surface area is 222 Å². The number of carbonyl (C=O) groups is 1. The van der Waals surface area contributed by atoms with Crippen molar-refractivity contribution in [3.05, 3.63) is 94.0 Å². The Bertz CT molecular complexity index is 1210. The number of aliphatic imine (C=N–C) groups is 1. The first-order valence-electron chi connectivity index (χ1n) is 11.3. The van der Waals surface area contributed by atoms with Gasteiger partial charge in [-0.25, -0.2) is 4.99 Å². The van der Waals surface area contributed by atoms with Crippen LogP contribution in [0.3, 0.4) is 0 Å². The minimum absolute atomic E-state index is 0.183. The van der Waals surface area contributed by atoms with Gasteiger partial charge in [-0.15, -0.1) is 0 Å². The highest BCUT2D eigenvalue weighted by atomic mass is 35.5. The fourth-order valence-electron chi connectivity index (χ4n) is 3.18. The number of aryl methyl sites for hydroxylation is 1. The highest BCUT2D eigenvalue weighted by Crippen LogP contribution is 2.27. The molecule has 1 aromatic heterocycles. The Morgan fingerprint density at radius 3 is 2.64 bits per heavy atom. The number of halogens is 2. The first kappa shape index (κ1) is 28.9. The summed E-state index contributed by atoms with van der Waals surface area (Å²) in [7, 11) is 4.90. The van der Waals surface area contributed by atoms with E-state index in [9.17, 15) is 4.79 Å². The molecule has 0 radical (unpaired) electrons. The van der Waals surface area contributed by atoms with E-state index in [4.69, 9.17) is 32.7 Å². The van der Waals surface area contributed by atoms with Gasteiger partial charge in [-0.2, -0.15) is 5.10 Å². The summed E-state index contributed by atoms with van der Waals surface area (Å²) in [4.78, 5) is 16.4. The highest BCUT2D eigenvalue weighted by molar-refractivity contribution is 6.32. The molecule has 1 aromatic carbocycles. The number of nitrogens with one attached hydrogen (secondary N) is 1. The number of nitrogens with zero attached hydrogens (tertiary/aromatic N) is 3. The van der Waals surface area contributed by atoms with Crippen LogP contribution < -0.4 is 5.32 Å². The van der Waals surface area contributed by atoms with E-state index in [0.29, 0.717) is 38.3 Å². The molecule has 2 aromatic rings. The summed E-state index contributed by atoms with van der Waals surface area (Å²) in [6.45, 7) is 12.1. The Hall–Kier alpha value is -3.29. The zero-order chi connectivity index (χ0) is 26.8. The third-order valence-corrected chi connectivity index (χ3v) is 6.16. The van der Waals surface area contributed by atoms with E-state index in [1.807, 2.05) is 13.1 Å². The summed E-state index contributed by atoms with van der Waals surface area (Å²) >= 11 is 12.5. The fraction of sp³-hybridized carbons (Fsp3) is 0.296. The highest BCUT2D eigenvalue weighted by Gasteiger charge is 2.19. The summed E-state index contributed by atoms with van der Waals surface area (Å²) in [6, 6.07) is 4.93. The van der Waals surface area contributed by atoms with Gasteiger partial charge >= 0.3 is 0 Å². The van der Waals surface area contributed by atoms with Crippen LogP contribution >= 0.6 is 23.2 Å². The van der Waals surface area contributed by atoms with E-state index in [-0.39, 0.29) is 18.4 Å². The second kappa shape index (κ2) is 13.7. The number of carbonyl (C=O) groups excluding carboxylic acids is 1. The predicted molar refractivity (Wildman–Crippen MR) is 147 cm³/mol. The standard InChI is InChI=1S/C27H32Cl2N4O3/c1-8-17(3)25(13-11-20(28)9-2)36-16-24-22(15-31-33(24)6)27(35-7)32-18(4)21-12-10-19(14-23(21)29)26(34)30-5/h9-15,17H,2,4,8,16H2,1,3,5-7H3,(H,30,34)/b20-11+,25-13+,32-27?. The molecule has 0 saturated carbocycles. The summed E-state index contributed by atoms with van der Waals surface area (Å²) in [5.41, 5.74) is 2.81. The lowest BCUT2D eigenvalue weighted by Gasteiger charge is -2.17. The summed E-state index contributed by atoms with van der Waals surface area (Å²) in [6.07, 6.45) is 7.73. The monoisotopic (exact) mass is 530 g/mol. The molecule has 9 heteroatoms. The van der Waals surface area contributed by atoms with E-state index >= 15 is 0 Å². The lowest BCUT2D eigenvalue weighted by Crippen LogP contribution is -2.17. The van der Waals surface area contributed by atoms with Crippen molar-refractivity contribution in [2.75, 3.05) is 14.2 Å². The smallest absolute Gasteiger partial charge is 0.251 e. The molecule has 0 fully saturated rings. The second-order valence-electron chi connectivity index (χ2n) is 7.89. The van der Waals surface area contributed by atoms with E-state index in [0.717, 1.165) is 17.9 Å². The first-order chi connectivity index (χ1) is 17.2. The Morgan fingerprint density at radius 2 is 2.06 bits per heavy atom. The topological polar surface area (TPSA) is 77.7 Å². The van der Waals surface area contributed by atoms with Crippen molar-refractivity contribution < 1.29 is 14.3 Å². The van der Waals surface area contributed by atoms with Gasteiger partial charge in [-0.3, -0.25) is 9.48 Å². The number of aromatic nitrogens is 2. The number of hydrogen-bond acceptors (Lipinski definition) is 5. The van der Waals surface area contributed by atoms with Crippen LogP contribution in [0.25, 0.3) is 5.70 Å². The Kier molecular flexibility index (Phi) is 11.0. The zero-order valence-electron chi connectivity index (χ0n) is 21.3. The molecule has 192 valence electrons. The van der Waals surface area contributed by atoms with Gasteiger partial charge < -0.3 is 14.8 Å². The number of benzene rings is 1. The maximum atomic E-state index is 11.9. The van der Waals surface area contributed by atoms with Gasteiger partial charge in [-0.1, -0.05) is 62.3 Å². The van der Waals surface area contributed by atoms with E-state index in [1.165, 1.54) is 7.11 Å². The van der Waals surface area contributed by atoms with Gasteiger partial charge in [0.15, 0.2) is 0 Å². The van der Waals surface area contributed by atoms with E-state index in [1.54, 1.807) is 48.3 Å². The maximum Gasteiger partial charge on any atom is 0.251 e. The molecule has 0 spiro atoms. The van der Waals surface area contributed by atoms with Crippen LogP contribution in [0, 0.1) is 5.92 Å². The van der Waals surface area contributed by atoms with Gasteiger partial charge in [-0.05, 0) is 30.7 Å². The van der Waals surface area contributed by atoms with Crippen LogP contribution in [-0.2, 0) is 23.1 Å². The van der Waals surface area contributed by atoms with Crippen LogP contribution in [0.1, 0.15) is 47.4 Å². The third kappa shape index (κ3) is 7.35. The van der Waals surface area contributed by atoms with Crippen LogP contribution in [-0.4, -0.2) is 35.7 Å². The van der Waals surface area contributed by atoms with Crippen molar-refractivity contribution in [1.82, 2.24) is 15.1 Å². The van der Waals surface area contributed by atoms with Crippen molar-refractivity contribution in [2.45, 2.75) is 26.9 Å². The molecular formula is C27H32Cl2N4O3. The van der Waals surface area contributed by atoms with Crippen LogP contribution in [0.15, 0.2) is 71.6 Å². The average molecular weight is 531 g/mol. The average Bonchev–Trinajstić information content (AvgIpc) is 3.25. The summed E-state index contributed by atoms with van der Waals surface area (Å²) < 4.78 is 13.5. The molecule has 1 atom stereocenters. The van der Waals surface area contributed by atoms with Crippen molar-refractivity contribution in [3.63, 3.8) is 0 Å². The predicted octanol–water partition coefficient (Wildman–Crippen LogP) is 6.25. The maximum absolute atomic E-state index is 11.9. The van der Waals surface area contributed by atoms with Crippen molar-refractivity contribution >= 4 is 40.7 Å². The van der Waals surface area contributed by atoms with Crippen molar-refractivity contribution in [2.24, 2.45) is 18.0 Å². The van der Waals surface area contributed by atoms with Crippen LogP contribution in [0.4, 0.5) is 0 Å². The van der Waals surface area contributed by atoms with Gasteiger partial charge in [0.2, 0.25) is 5.90 Å². The molecule has 7 nitrogen and oxygen atoms in total. The SMILES string of the molecule is C=C/C(Cl)=C\C=C(\OCc1c(C(=NC(=C)c2ccc(C(=O)NC)cc2Cl)OC)cnn1C)C(C)CC. The molecule has 0 aliphatic carbocycles. The van der Waals surface area contributed by atoms with Gasteiger partial charge in [0.25, 0.3) is 5.91 Å². The molecule has 1 heterocycles. The fourth-order valence-corrected chi connectivity index (χ4v) is 3.54. The minimum atomic E-state index is -0.233. The quantitative estimate of drug-likeness (QED) is 0.161. The van der Waals surface area contributed by atoms with Crippen LogP contribution in [0.5, 0.6) is 0 Å². The first-order valence-corrected chi connectivity index (χ1v) is 12.1. The van der Waals surface area contributed by atoms with Crippen LogP contribution in [0.2, 0.25) is 5.02 Å². The third-order valence-electron chi connectivity index (χ3n) is 5.57. The summed E-state index contributed by atoms with van der Waals surface area (Å²) in [5.74, 6) is 1.04. The van der Waals surface area contributed by atoms with Crippen molar-refractivity contribution in [3.8, 4) is 0 Å². The Balaban J connectivity index is 2.36. The lowest BCUT2D eigenvalue weighted by atomic mass is 10.1. The molecule has 36 heavy (non-hydrogen) atoms. The van der Waals surface area contributed by atoms with Crippen molar-refractivity contribution in [1.29, 1.82) is 0 Å². The molecule has 1 unspecified atom stereocenters. The zero-order valence-corrected chi connectivity index (χ0v) is 22.8. The van der Waals surface area contributed by atoms with Gasteiger partial charge in [0.05, 0.1) is 41.0 Å². The minimum Gasteiger partial charge on any atom is -0.491 e. The molecule has 0 saturated heterocycles. The molecule has 2 rings (SSSR count). The van der Waals surface area contributed by atoms with E-state index < -0.39 is 0 Å². The Morgan fingerprint density at radius 1 is 1.33 bits per heavy atom. The number of hydrogen-bond donors (Lipinski definition) is 1. The summed E-state index contributed by atoms with van der Waals surface area (Å²) in [5, 5.41) is 7.81. The van der Waals surface area contributed by atoms with Gasteiger partial charge in [0.1, 0.15) is 6.61 Å². The molecule has 0 aliphatic heterocycles. The molecule has 1 N–H and O–H groups in total.